The third-order valence-corrected chi connectivity index (χ3v) is 5.15. The third kappa shape index (κ3) is 2.67. The van der Waals surface area contributed by atoms with Crippen molar-refractivity contribution < 1.29 is 4.79 Å². The number of carbonyl (C=O) groups is 1. The summed E-state index contributed by atoms with van der Waals surface area (Å²) in [5, 5.41) is 1.12. The molecule has 0 bridgehead atoms. The van der Waals surface area contributed by atoms with Crippen LogP contribution in [0.15, 0.2) is 18.2 Å². The number of carbonyl (C=O) groups excluding carboxylic acids is 1. The van der Waals surface area contributed by atoms with Crippen LogP contribution in [0.5, 0.6) is 0 Å². The van der Waals surface area contributed by atoms with Crippen molar-refractivity contribution in [2.45, 2.75) is 18.8 Å². The average Bonchev–Trinajstić information content (AvgIpc) is 3.10. The van der Waals surface area contributed by atoms with Crippen molar-refractivity contribution in [3.05, 3.63) is 33.8 Å². The SMILES string of the molecule is NC[C@@H]1CCN(C(=O)[C@@H]2C[C@@H]2c2ccc(Cl)c(Cl)c2)C1. The zero-order valence-corrected chi connectivity index (χ0v) is 12.7. The Morgan fingerprint density at radius 1 is 1.35 bits per heavy atom. The Bertz CT molecular complexity index is 535. The second-order valence-corrected chi connectivity index (χ2v) is 6.61. The van der Waals surface area contributed by atoms with E-state index in [0.29, 0.717) is 28.4 Å². The smallest absolute Gasteiger partial charge is 0.226 e. The van der Waals surface area contributed by atoms with Gasteiger partial charge >= 0.3 is 0 Å². The predicted molar refractivity (Wildman–Crippen MR) is 81.1 cm³/mol. The van der Waals surface area contributed by atoms with Crippen molar-refractivity contribution in [1.82, 2.24) is 4.90 Å². The second-order valence-electron chi connectivity index (χ2n) is 5.80. The standard InChI is InChI=1S/C15H18Cl2N2O/c16-13-2-1-10(5-14(13)17)11-6-12(11)15(20)19-4-3-9(7-18)8-19/h1-2,5,9,11-12H,3-4,6-8,18H2/t9-,11+,12+/m0/s1. The summed E-state index contributed by atoms with van der Waals surface area (Å²) >= 11 is 12.0. The molecular formula is C15H18Cl2N2O. The van der Waals surface area contributed by atoms with E-state index in [1.807, 2.05) is 17.0 Å². The summed E-state index contributed by atoms with van der Waals surface area (Å²) in [5.41, 5.74) is 6.79. The molecule has 2 aliphatic rings. The number of halogens is 2. The van der Waals surface area contributed by atoms with Crippen molar-refractivity contribution in [1.29, 1.82) is 0 Å². The molecule has 2 N–H and O–H groups in total. The van der Waals surface area contributed by atoms with Gasteiger partial charge < -0.3 is 10.6 Å². The van der Waals surface area contributed by atoms with E-state index in [1.54, 1.807) is 6.07 Å². The van der Waals surface area contributed by atoms with Crippen LogP contribution in [0.1, 0.15) is 24.3 Å². The first kappa shape index (κ1) is 14.2. The highest BCUT2D eigenvalue weighted by Gasteiger charge is 2.46. The van der Waals surface area contributed by atoms with Crippen LogP contribution in [0, 0.1) is 11.8 Å². The molecule has 5 heteroatoms. The zero-order chi connectivity index (χ0) is 14.3. The molecule has 0 spiro atoms. The van der Waals surface area contributed by atoms with E-state index in [4.69, 9.17) is 28.9 Å². The summed E-state index contributed by atoms with van der Waals surface area (Å²) in [4.78, 5) is 14.4. The van der Waals surface area contributed by atoms with E-state index in [0.717, 1.165) is 31.5 Å². The highest BCUT2D eigenvalue weighted by molar-refractivity contribution is 6.42. The molecule has 1 saturated carbocycles. The lowest BCUT2D eigenvalue weighted by Gasteiger charge is -2.16. The number of amides is 1. The molecule has 108 valence electrons. The van der Waals surface area contributed by atoms with E-state index in [-0.39, 0.29) is 11.8 Å². The topological polar surface area (TPSA) is 46.3 Å². The van der Waals surface area contributed by atoms with Gasteiger partial charge in [-0.1, -0.05) is 29.3 Å². The summed E-state index contributed by atoms with van der Waals surface area (Å²) in [5.74, 6) is 1.16. The summed E-state index contributed by atoms with van der Waals surface area (Å²) in [6, 6.07) is 5.66. The molecule has 0 aromatic heterocycles. The number of nitrogens with zero attached hydrogens (tertiary/aromatic N) is 1. The molecule has 3 nitrogen and oxygen atoms in total. The van der Waals surface area contributed by atoms with Gasteiger partial charge in [0.15, 0.2) is 0 Å². The van der Waals surface area contributed by atoms with Crippen LogP contribution in [-0.4, -0.2) is 30.4 Å². The van der Waals surface area contributed by atoms with Crippen LogP contribution in [-0.2, 0) is 4.79 Å². The fourth-order valence-electron chi connectivity index (χ4n) is 3.04. The van der Waals surface area contributed by atoms with Gasteiger partial charge in [-0.25, -0.2) is 0 Å². The van der Waals surface area contributed by atoms with Crippen molar-refractivity contribution >= 4 is 29.1 Å². The van der Waals surface area contributed by atoms with Crippen molar-refractivity contribution in [3.63, 3.8) is 0 Å². The lowest BCUT2D eigenvalue weighted by atomic mass is 10.1. The molecule has 2 fully saturated rings. The maximum atomic E-state index is 12.4. The zero-order valence-electron chi connectivity index (χ0n) is 11.2. The van der Waals surface area contributed by atoms with E-state index in [2.05, 4.69) is 0 Å². The van der Waals surface area contributed by atoms with Crippen LogP contribution in [0.3, 0.4) is 0 Å². The Morgan fingerprint density at radius 3 is 2.80 bits per heavy atom. The van der Waals surface area contributed by atoms with Gasteiger partial charge in [0.2, 0.25) is 5.91 Å². The van der Waals surface area contributed by atoms with Crippen molar-refractivity contribution in [2.24, 2.45) is 17.6 Å². The molecule has 0 radical (unpaired) electrons. The molecule has 1 amide bonds. The number of hydrogen-bond acceptors (Lipinski definition) is 2. The molecule has 0 unspecified atom stereocenters. The minimum absolute atomic E-state index is 0.115. The summed E-state index contributed by atoms with van der Waals surface area (Å²) in [6.45, 7) is 2.34. The highest BCUT2D eigenvalue weighted by Crippen LogP contribution is 2.49. The van der Waals surface area contributed by atoms with E-state index in [1.165, 1.54) is 0 Å². The summed E-state index contributed by atoms with van der Waals surface area (Å²) < 4.78 is 0. The van der Waals surface area contributed by atoms with Gasteiger partial charge in [0, 0.05) is 19.0 Å². The number of rotatable bonds is 3. The van der Waals surface area contributed by atoms with Crippen molar-refractivity contribution in [2.75, 3.05) is 19.6 Å². The highest BCUT2D eigenvalue weighted by atomic mass is 35.5. The maximum absolute atomic E-state index is 12.4. The van der Waals surface area contributed by atoms with Crippen LogP contribution < -0.4 is 5.73 Å². The Kier molecular flexibility index (Phi) is 3.93. The Labute approximate surface area is 129 Å². The van der Waals surface area contributed by atoms with Crippen LogP contribution >= 0.6 is 23.2 Å². The second kappa shape index (κ2) is 5.55. The molecular weight excluding hydrogens is 295 g/mol. The first-order chi connectivity index (χ1) is 9.60. The predicted octanol–water partition coefficient (Wildman–Crippen LogP) is 2.90. The fraction of sp³-hybridized carbons (Fsp3) is 0.533. The Balaban J connectivity index is 1.64. The average molecular weight is 313 g/mol. The summed E-state index contributed by atoms with van der Waals surface area (Å²) in [6.07, 6.45) is 1.95. The van der Waals surface area contributed by atoms with E-state index >= 15 is 0 Å². The summed E-state index contributed by atoms with van der Waals surface area (Å²) in [7, 11) is 0. The fourth-order valence-corrected chi connectivity index (χ4v) is 3.35. The van der Waals surface area contributed by atoms with E-state index < -0.39 is 0 Å². The van der Waals surface area contributed by atoms with Gasteiger partial charge in [-0.15, -0.1) is 0 Å². The molecule has 20 heavy (non-hydrogen) atoms. The minimum atomic E-state index is 0.115. The Morgan fingerprint density at radius 2 is 2.15 bits per heavy atom. The van der Waals surface area contributed by atoms with Crippen molar-refractivity contribution in [3.8, 4) is 0 Å². The maximum Gasteiger partial charge on any atom is 0.226 e. The molecule has 3 atom stereocenters. The molecule has 1 aromatic rings. The molecule has 1 saturated heterocycles. The quantitative estimate of drug-likeness (QED) is 0.932. The van der Waals surface area contributed by atoms with Gasteiger partial charge in [0.1, 0.15) is 0 Å². The minimum Gasteiger partial charge on any atom is -0.342 e. The number of benzene rings is 1. The first-order valence-electron chi connectivity index (χ1n) is 7.04. The largest absolute Gasteiger partial charge is 0.342 e. The van der Waals surface area contributed by atoms with Gasteiger partial charge in [-0.05, 0) is 48.9 Å². The molecule has 1 aromatic carbocycles. The number of hydrogen-bond donors (Lipinski definition) is 1. The van der Waals surface area contributed by atoms with Gasteiger partial charge in [-0.3, -0.25) is 4.79 Å². The van der Waals surface area contributed by atoms with Crippen LogP contribution in [0.4, 0.5) is 0 Å². The van der Waals surface area contributed by atoms with Crippen LogP contribution in [0.2, 0.25) is 10.0 Å². The van der Waals surface area contributed by atoms with Gasteiger partial charge in [-0.2, -0.15) is 0 Å². The van der Waals surface area contributed by atoms with Crippen LogP contribution in [0.25, 0.3) is 0 Å². The molecule has 1 aliphatic carbocycles. The number of likely N-dealkylation sites (tertiary alicyclic amines) is 1. The lowest BCUT2D eigenvalue weighted by molar-refractivity contribution is -0.131. The molecule has 1 heterocycles. The van der Waals surface area contributed by atoms with Gasteiger partial charge in [0.05, 0.1) is 10.0 Å². The lowest BCUT2D eigenvalue weighted by Crippen LogP contribution is -2.31. The normalized spacial score (nSPS) is 28.8. The van der Waals surface area contributed by atoms with Gasteiger partial charge in [0.25, 0.3) is 0 Å². The Hall–Kier alpha value is -0.770. The molecule has 3 rings (SSSR count). The molecule has 1 aliphatic heterocycles. The third-order valence-electron chi connectivity index (χ3n) is 4.41. The monoisotopic (exact) mass is 312 g/mol. The number of nitrogens with two attached hydrogens (primary N) is 1. The first-order valence-corrected chi connectivity index (χ1v) is 7.79. The van der Waals surface area contributed by atoms with E-state index in [9.17, 15) is 4.79 Å².